The molecule has 1 N–H and O–H groups in total. The molecule has 24 heavy (non-hydrogen) atoms. The number of aromatic nitrogens is 3. The van der Waals surface area contributed by atoms with Gasteiger partial charge in [0.05, 0.1) is 11.8 Å². The van der Waals surface area contributed by atoms with Crippen LogP contribution in [0.25, 0.3) is 0 Å². The topological polar surface area (TPSA) is 59.8 Å². The number of amides is 1. The van der Waals surface area contributed by atoms with Crippen LogP contribution in [0.2, 0.25) is 5.02 Å². The number of benzene rings is 1. The summed E-state index contributed by atoms with van der Waals surface area (Å²) in [4.78, 5) is 16.5. The van der Waals surface area contributed by atoms with Gasteiger partial charge in [0.1, 0.15) is 5.03 Å². The Morgan fingerprint density at radius 2 is 1.92 bits per heavy atom. The second kappa shape index (κ2) is 7.51. The van der Waals surface area contributed by atoms with E-state index < -0.39 is 0 Å². The smallest absolute Gasteiger partial charge is 0.260 e. The van der Waals surface area contributed by atoms with E-state index in [0.717, 1.165) is 16.3 Å². The quantitative estimate of drug-likeness (QED) is 0.700. The highest BCUT2D eigenvalue weighted by Crippen LogP contribution is 2.26. The fourth-order valence-corrected chi connectivity index (χ4v) is 3.27. The molecule has 1 aromatic carbocycles. The van der Waals surface area contributed by atoms with Crippen molar-refractivity contribution in [3.05, 3.63) is 71.1 Å². The summed E-state index contributed by atoms with van der Waals surface area (Å²) in [6, 6.07) is 10.9. The summed E-state index contributed by atoms with van der Waals surface area (Å²) in [5.41, 5.74) is 2.38. The number of aryl methyl sites for hydroxylation is 1. The molecule has 0 saturated carbocycles. The molecule has 5 nitrogen and oxygen atoms in total. The van der Waals surface area contributed by atoms with Gasteiger partial charge < -0.3 is 5.32 Å². The minimum atomic E-state index is -0.192. The zero-order valence-electron chi connectivity index (χ0n) is 12.9. The molecule has 0 aliphatic carbocycles. The highest BCUT2D eigenvalue weighted by Gasteiger charge is 2.17. The lowest BCUT2D eigenvalue weighted by Gasteiger charge is -2.07. The van der Waals surface area contributed by atoms with E-state index >= 15 is 0 Å². The molecule has 0 unspecified atom stereocenters. The van der Waals surface area contributed by atoms with Gasteiger partial charge in [0.2, 0.25) is 0 Å². The number of thioether (sulfide) groups is 1. The standard InChI is InChI=1S/C17H15ClN4OS/c1-22-17(24-11-12-6-8-19-9-7-12)15(10-20-22)16(23)21-14-4-2-13(18)3-5-14/h2-10H,11H2,1H3,(H,21,23). The summed E-state index contributed by atoms with van der Waals surface area (Å²) in [5.74, 6) is 0.547. The van der Waals surface area contributed by atoms with Crippen molar-refractivity contribution in [2.75, 3.05) is 5.32 Å². The van der Waals surface area contributed by atoms with Gasteiger partial charge in [0.25, 0.3) is 5.91 Å². The van der Waals surface area contributed by atoms with Crippen LogP contribution in [0.3, 0.4) is 0 Å². The second-order valence-electron chi connectivity index (χ2n) is 5.09. The van der Waals surface area contributed by atoms with Gasteiger partial charge in [-0.1, -0.05) is 11.6 Å². The molecule has 2 aromatic heterocycles. The van der Waals surface area contributed by atoms with E-state index in [-0.39, 0.29) is 5.91 Å². The molecule has 1 amide bonds. The van der Waals surface area contributed by atoms with E-state index in [1.54, 1.807) is 59.3 Å². The molecule has 0 aliphatic heterocycles. The molecular formula is C17H15ClN4OS. The van der Waals surface area contributed by atoms with Gasteiger partial charge in [-0.2, -0.15) is 5.10 Å². The van der Waals surface area contributed by atoms with Gasteiger partial charge in [0.15, 0.2) is 0 Å². The van der Waals surface area contributed by atoms with Crippen LogP contribution < -0.4 is 5.32 Å². The SMILES string of the molecule is Cn1ncc(C(=O)Nc2ccc(Cl)cc2)c1SCc1ccncc1. The van der Waals surface area contributed by atoms with E-state index in [2.05, 4.69) is 15.4 Å². The summed E-state index contributed by atoms with van der Waals surface area (Å²) < 4.78 is 1.71. The van der Waals surface area contributed by atoms with E-state index in [9.17, 15) is 4.79 Å². The Morgan fingerprint density at radius 3 is 2.62 bits per heavy atom. The maximum Gasteiger partial charge on any atom is 0.260 e. The van der Waals surface area contributed by atoms with Crippen molar-refractivity contribution in [1.29, 1.82) is 0 Å². The average molecular weight is 359 g/mol. The summed E-state index contributed by atoms with van der Waals surface area (Å²) in [6.45, 7) is 0. The monoisotopic (exact) mass is 358 g/mol. The number of carbonyl (C=O) groups is 1. The molecule has 0 bridgehead atoms. The molecule has 0 atom stereocenters. The van der Waals surface area contributed by atoms with Crippen LogP contribution in [0.1, 0.15) is 15.9 Å². The molecule has 3 aromatic rings. The number of pyridine rings is 1. The zero-order valence-corrected chi connectivity index (χ0v) is 14.5. The maximum absolute atomic E-state index is 12.5. The molecule has 0 saturated heterocycles. The van der Waals surface area contributed by atoms with Crippen LogP contribution in [-0.4, -0.2) is 20.7 Å². The number of rotatable bonds is 5. The molecule has 0 radical (unpaired) electrons. The first-order chi connectivity index (χ1) is 11.6. The van der Waals surface area contributed by atoms with Gasteiger partial charge in [-0.05, 0) is 42.0 Å². The predicted octanol–water partition coefficient (Wildman–Crippen LogP) is 4.01. The van der Waals surface area contributed by atoms with Gasteiger partial charge >= 0.3 is 0 Å². The Kier molecular flexibility index (Phi) is 5.17. The Labute approximate surface area is 149 Å². The van der Waals surface area contributed by atoms with Crippen LogP contribution in [-0.2, 0) is 12.8 Å². The second-order valence-corrected chi connectivity index (χ2v) is 6.49. The molecular weight excluding hydrogens is 344 g/mol. The number of nitrogens with zero attached hydrogens (tertiary/aromatic N) is 3. The third-order valence-electron chi connectivity index (χ3n) is 3.36. The summed E-state index contributed by atoms with van der Waals surface area (Å²) in [6.07, 6.45) is 5.10. The number of halogens is 1. The van der Waals surface area contributed by atoms with E-state index in [0.29, 0.717) is 16.3 Å². The summed E-state index contributed by atoms with van der Waals surface area (Å²) in [5, 5.41) is 8.52. The third-order valence-corrected chi connectivity index (χ3v) is 4.84. The van der Waals surface area contributed by atoms with Crippen molar-refractivity contribution >= 4 is 35.0 Å². The van der Waals surface area contributed by atoms with Crippen LogP contribution in [0.15, 0.2) is 60.0 Å². The normalized spacial score (nSPS) is 10.6. The highest BCUT2D eigenvalue weighted by molar-refractivity contribution is 7.98. The zero-order chi connectivity index (χ0) is 16.9. The van der Waals surface area contributed by atoms with Crippen LogP contribution in [0.4, 0.5) is 5.69 Å². The van der Waals surface area contributed by atoms with E-state index in [4.69, 9.17) is 11.6 Å². The maximum atomic E-state index is 12.5. The van der Waals surface area contributed by atoms with Crippen molar-refractivity contribution in [3.8, 4) is 0 Å². The van der Waals surface area contributed by atoms with Crippen molar-refractivity contribution in [1.82, 2.24) is 14.8 Å². The lowest BCUT2D eigenvalue weighted by molar-refractivity contribution is 0.102. The Morgan fingerprint density at radius 1 is 1.21 bits per heavy atom. The number of nitrogens with one attached hydrogen (secondary N) is 1. The number of carbonyl (C=O) groups excluding carboxylic acids is 1. The average Bonchev–Trinajstić information content (AvgIpc) is 2.97. The van der Waals surface area contributed by atoms with Gasteiger partial charge in [0, 0.05) is 35.9 Å². The van der Waals surface area contributed by atoms with Gasteiger partial charge in [-0.15, -0.1) is 11.8 Å². The first kappa shape index (κ1) is 16.5. The van der Waals surface area contributed by atoms with Crippen molar-refractivity contribution < 1.29 is 4.79 Å². The third kappa shape index (κ3) is 3.96. The first-order valence-corrected chi connectivity index (χ1v) is 8.60. The van der Waals surface area contributed by atoms with Crippen molar-refractivity contribution in [2.45, 2.75) is 10.8 Å². The Hall–Kier alpha value is -2.31. The lowest BCUT2D eigenvalue weighted by atomic mass is 10.3. The number of anilines is 1. The first-order valence-electron chi connectivity index (χ1n) is 7.24. The van der Waals surface area contributed by atoms with Crippen molar-refractivity contribution in [2.24, 2.45) is 7.05 Å². The Bertz CT molecular complexity index is 834. The fraction of sp³-hybridized carbons (Fsp3) is 0.118. The summed E-state index contributed by atoms with van der Waals surface area (Å²) >= 11 is 7.42. The Balaban J connectivity index is 1.73. The van der Waals surface area contributed by atoms with Crippen molar-refractivity contribution in [3.63, 3.8) is 0 Å². The molecule has 7 heteroatoms. The molecule has 0 aliphatic rings. The molecule has 0 spiro atoms. The lowest BCUT2D eigenvalue weighted by Crippen LogP contribution is -2.12. The largest absolute Gasteiger partial charge is 0.322 e. The van der Waals surface area contributed by atoms with Crippen LogP contribution in [0.5, 0.6) is 0 Å². The van der Waals surface area contributed by atoms with Gasteiger partial charge in [-0.3, -0.25) is 14.5 Å². The molecule has 2 heterocycles. The molecule has 122 valence electrons. The fourth-order valence-electron chi connectivity index (χ4n) is 2.12. The van der Waals surface area contributed by atoms with Crippen LogP contribution in [0, 0.1) is 0 Å². The van der Waals surface area contributed by atoms with Crippen LogP contribution >= 0.6 is 23.4 Å². The minimum Gasteiger partial charge on any atom is -0.322 e. The molecule has 0 fully saturated rings. The predicted molar refractivity (Wildman–Crippen MR) is 96.4 cm³/mol. The van der Waals surface area contributed by atoms with E-state index in [1.165, 1.54) is 0 Å². The van der Waals surface area contributed by atoms with Gasteiger partial charge in [-0.25, -0.2) is 0 Å². The number of hydrogen-bond donors (Lipinski definition) is 1. The highest BCUT2D eigenvalue weighted by atomic mass is 35.5. The summed E-state index contributed by atoms with van der Waals surface area (Å²) in [7, 11) is 1.83. The molecule has 3 rings (SSSR count). The minimum absolute atomic E-state index is 0.192. The van der Waals surface area contributed by atoms with E-state index in [1.807, 2.05) is 19.2 Å². The number of hydrogen-bond acceptors (Lipinski definition) is 4.